The third kappa shape index (κ3) is 8.21. The van der Waals surface area contributed by atoms with Crippen LogP contribution in [0.1, 0.15) is 44.6 Å². The zero-order chi connectivity index (χ0) is 21.5. The molecule has 3 aliphatic rings. The minimum atomic E-state index is 0. The third-order valence-corrected chi connectivity index (χ3v) is 6.60. The first-order valence-electron chi connectivity index (χ1n) is 12.3. The molecule has 1 saturated heterocycles. The molecule has 0 spiro atoms. The molecule has 1 atom stereocenters. The van der Waals surface area contributed by atoms with Gasteiger partial charge in [0.2, 0.25) is 5.91 Å². The van der Waals surface area contributed by atoms with Crippen molar-refractivity contribution in [1.29, 1.82) is 0 Å². The quantitative estimate of drug-likeness (QED) is 0.237. The van der Waals surface area contributed by atoms with Crippen molar-refractivity contribution in [3.8, 4) is 0 Å². The Morgan fingerprint density at radius 3 is 2.59 bits per heavy atom. The molecule has 1 aliphatic heterocycles. The molecule has 4 rings (SSSR count). The number of hydrogen-bond acceptors (Lipinski definition) is 3. The first-order valence-corrected chi connectivity index (χ1v) is 12.3. The number of carbonyl (C=O) groups is 1. The molecule has 1 heterocycles. The summed E-state index contributed by atoms with van der Waals surface area (Å²) in [6.45, 7) is 8.60. The number of amides is 1. The summed E-state index contributed by atoms with van der Waals surface area (Å²) in [6.07, 6.45) is 7.13. The molecule has 32 heavy (non-hydrogen) atoms. The van der Waals surface area contributed by atoms with E-state index < -0.39 is 0 Å². The summed E-state index contributed by atoms with van der Waals surface area (Å²) in [5, 5.41) is 6.89. The van der Waals surface area contributed by atoms with Crippen molar-refractivity contribution >= 4 is 35.8 Å². The summed E-state index contributed by atoms with van der Waals surface area (Å²) < 4.78 is 0. The van der Waals surface area contributed by atoms with Crippen LogP contribution in [0, 0.1) is 11.8 Å². The zero-order valence-corrected chi connectivity index (χ0v) is 21.8. The van der Waals surface area contributed by atoms with E-state index >= 15 is 0 Å². The molecule has 178 valence electrons. The first-order chi connectivity index (χ1) is 15.2. The molecule has 1 amide bonds. The minimum absolute atomic E-state index is 0. The molecule has 7 heteroatoms. The normalized spacial score (nSPS) is 21.1. The van der Waals surface area contributed by atoms with E-state index in [-0.39, 0.29) is 29.9 Å². The van der Waals surface area contributed by atoms with E-state index in [0.717, 1.165) is 57.1 Å². The number of nitrogens with zero attached hydrogens (tertiary/aromatic N) is 3. The number of rotatable bonds is 12. The van der Waals surface area contributed by atoms with Crippen LogP contribution in [0.25, 0.3) is 0 Å². The Balaban J connectivity index is 0.00000289. The molecule has 2 saturated carbocycles. The van der Waals surface area contributed by atoms with Gasteiger partial charge in [-0.1, -0.05) is 30.3 Å². The SMILES string of the molecule is CCNC(=NCC1CC(=O)N(CCc2ccccc2)C1)NCCN(CC1CC1)C1CC1.I. The highest BCUT2D eigenvalue weighted by Gasteiger charge is 2.33. The molecule has 1 aromatic carbocycles. The van der Waals surface area contributed by atoms with Crippen molar-refractivity contribution in [3.05, 3.63) is 35.9 Å². The highest BCUT2D eigenvalue weighted by atomic mass is 127. The van der Waals surface area contributed by atoms with Gasteiger partial charge in [0.1, 0.15) is 0 Å². The molecular weight excluding hydrogens is 513 g/mol. The number of guanidine groups is 1. The average Bonchev–Trinajstić information content (AvgIpc) is 3.70. The van der Waals surface area contributed by atoms with Crippen molar-refractivity contribution in [2.45, 2.75) is 51.5 Å². The molecule has 1 unspecified atom stereocenters. The van der Waals surface area contributed by atoms with Crippen molar-refractivity contribution in [2.75, 3.05) is 45.8 Å². The van der Waals surface area contributed by atoms with Gasteiger partial charge in [0.15, 0.2) is 5.96 Å². The second kappa shape index (κ2) is 12.8. The van der Waals surface area contributed by atoms with Crippen LogP contribution in [0.3, 0.4) is 0 Å². The predicted octanol–water partition coefficient (Wildman–Crippen LogP) is 3.13. The maximum absolute atomic E-state index is 12.4. The molecule has 1 aromatic rings. The summed E-state index contributed by atoms with van der Waals surface area (Å²) in [7, 11) is 0. The van der Waals surface area contributed by atoms with E-state index in [2.05, 4.69) is 46.7 Å². The van der Waals surface area contributed by atoms with Crippen LogP contribution in [0.4, 0.5) is 0 Å². The predicted molar refractivity (Wildman–Crippen MR) is 142 cm³/mol. The fourth-order valence-corrected chi connectivity index (χ4v) is 4.48. The molecule has 6 nitrogen and oxygen atoms in total. The maximum Gasteiger partial charge on any atom is 0.223 e. The molecule has 0 radical (unpaired) electrons. The van der Waals surface area contributed by atoms with Gasteiger partial charge >= 0.3 is 0 Å². The lowest BCUT2D eigenvalue weighted by atomic mass is 10.1. The number of benzene rings is 1. The van der Waals surface area contributed by atoms with Gasteiger partial charge < -0.3 is 15.5 Å². The van der Waals surface area contributed by atoms with Crippen LogP contribution < -0.4 is 10.6 Å². The Labute approximate surface area is 210 Å². The van der Waals surface area contributed by atoms with Crippen molar-refractivity contribution in [1.82, 2.24) is 20.4 Å². The summed E-state index contributed by atoms with van der Waals surface area (Å²) in [5.41, 5.74) is 1.29. The van der Waals surface area contributed by atoms with Crippen molar-refractivity contribution in [2.24, 2.45) is 16.8 Å². The summed E-state index contributed by atoms with van der Waals surface area (Å²) in [4.78, 5) is 21.9. The monoisotopic (exact) mass is 553 g/mol. The lowest BCUT2D eigenvalue weighted by Crippen LogP contribution is -2.42. The Hall–Kier alpha value is -1.35. The second-order valence-electron chi connectivity index (χ2n) is 9.46. The van der Waals surface area contributed by atoms with E-state index in [0.29, 0.717) is 18.9 Å². The number of hydrogen-bond donors (Lipinski definition) is 2. The summed E-state index contributed by atoms with van der Waals surface area (Å²) in [6, 6.07) is 11.2. The van der Waals surface area contributed by atoms with E-state index in [4.69, 9.17) is 4.99 Å². The smallest absolute Gasteiger partial charge is 0.223 e. The van der Waals surface area contributed by atoms with Crippen LogP contribution in [-0.4, -0.2) is 73.5 Å². The summed E-state index contributed by atoms with van der Waals surface area (Å²) >= 11 is 0. The fourth-order valence-electron chi connectivity index (χ4n) is 4.48. The zero-order valence-electron chi connectivity index (χ0n) is 19.5. The lowest BCUT2D eigenvalue weighted by Gasteiger charge is -2.22. The number of aliphatic imine (C=N–C) groups is 1. The molecule has 0 bridgehead atoms. The van der Waals surface area contributed by atoms with E-state index in [1.165, 1.54) is 37.8 Å². The molecular formula is C25H40IN5O. The fraction of sp³-hybridized carbons (Fsp3) is 0.680. The van der Waals surface area contributed by atoms with Gasteiger partial charge in [-0.2, -0.15) is 0 Å². The highest BCUT2D eigenvalue weighted by Crippen LogP contribution is 2.34. The Bertz CT molecular complexity index is 735. The number of halogens is 1. The van der Waals surface area contributed by atoms with Crippen LogP contribution in [-0.2, 0) is 11.2 Å². The van der Waals surface area contributed by atoms with E-state index in [1.807, 2.05) is 11.0 Å². The van der Waals surface area contributed by atoms with Gasteiger partial charge in [0.25, 0.3) is 0 Å². The topological polar surface area (TPSA) is 60.0 Å². The van der Waals surface area contributed by atoms with Gasteiger partial charge in [0, 0.05) is 64.2 Å². The van der Waals surface area contributed by atoms with Gasteiger partial charge in [-0.15, -0.1) is 24.0 Å². The standard InChI is InChI=1S/C25H39N5O.HI/c1-2-26-25(27-13-15-29(23-10-11-23)18-21-8-9-21)28-17-22-16-24(31)30(19-22)14-12-20-6-4-3-5-7-20;/h3-7,21-23H,2,8-19H2,1H3,(H2,26,27,28);1H. The van der Waals surface area contributed by atoms with E-state index in [9.17, 15) is 4.79 Å². The maximum atomic E-state index is 12.4. The largest absolute Gasteiger partial charge is 0.357 e. The Kier molecular flexibility index (Phi) is 10.1. The molecule has 3 fully saturated rings. The highest BCUT2D eigenvalue weighted by molar-refractivity contribution is 14.0. The van der Waals surface area contributed by atoms with Crippen molar-refractivity contribution < 1.29 is 4.79 Å². The third-order valence-electron chi connectivity index (χ3n) is 6.60. The van der Waals surface area contributed by atoms with Crippen LogP contribution in [0.5, 0.6) is 0 Å². The lowest BCUT2D eigenvalue weighted by molar-refractivity contribution is -0.127. The molecule has 0 aromatic heterocycles. The van der Waals surface area contributed by atoms with Crippen LogP contribution in [0.15, 0.2) is 35.3 Å². The first kappa shape index (κ1) is 25.3. The van der Waals surface area contributed by atoms with E-state index in [1.54, 1.807) is 0 Å². The second-order valence-corrected chi connectivity index (χ2v) is 9.46. The van der Waals surface area contributed by atoms with Crippen LogP contribution in [0.2, 0.25) is 0 Å². The van der Waals surface area contributed by atoms with Gasteiger partial charge in [-0.3, -0.25) is 14.7 Å². The van der Waals surface area contributed by atoms with Gasteiger partial charge in [-0.05, 0) is 50.5 Å². The number of carbonyl (C=O) groups excluding carboxylic acids is 1. The summed E-state index contributed by atoms with van der Waals surface area (Å²) in [5.74, 6) is 2.43. The Morgan fingerprint density at radius 1 is 1.12 bits per heavy atom. The number of likely N-dealkylation sites (tertiary alicyclic amines) is 1. The van der Waals surface area contributed by atoms with Crippen LogP contribution >= 0.6 is 24.0 Å². The molecule has 2 N–H and O–H groups in total. The number of nitrogens with one attached hydrogen (secondary N) is 2. The van der Waals surface area contributed by atoms with Gasteiger partial charge in [-0.25, -0.2) is 0 Å². The minimum Gasteiger partial charge on any atom is -0.357 e. The van der Waals surface area contributed by atoms with Crippen molar-refractivity contribution in [3.63, 3.8) is 0 Å². The molecule has 2 aliphatic carbocycles. The van der Waals surface area contributed by atoms with Gasteiger partial charge in [0.05, 0.1) is 0 Å². The Morgan fingerprint density at radius 2 is 1.91 bits per heavy atom. The average molecular weight is 554 g/mol.